The first kappa shape index (κ1) is 14.0. The lowest BCUT2D eigenvalue weighted by molar-refractivity contribution is 1.32. The predicted molar refractivity (Wildman–Crippen MR) is 76.9 cm³/mol. The smallest absolute Gasteiger partial charge is 0.0493 e. The quantitative estimate of drug-likeness (QED) is 0.758. The van der Waals surface area contributed by atoms with Crippen molar-refractivity contribution in [2.75, 3.05) is 0 Å². The molecule has 0 spiro atoms. The molecule has 4 heteroatoms. The second-order valence-corrected chi connectivity index (χ2v) is 4.06. The third kappa shape index (κ3) is 3.74. The monoisotopic (exact) mass is 285 g/mol. The van der Waals surface area contributed by atoms with Crippen molar-refractivity contribution in [2.45, 2.75) is 0 Å². The Labute approximate surface area is 117 Å². The summed E-state index contributed by atoms with van der Waals surface area (Å²) in [5, 5.41) is 1.30. The first-order valence-electron chi connectivity index (χ1n) is 4.79. The molecule has 0 aliphatic carbocycles. The van der Waals surface area contributed by atoms with Crippen molar-refractivity contribution in [3.63, 3.8) is 0 Å². The zero-order valence-corrected chi connectivity index (χ0v) is 11.1. The Bertz CT molecular complexity index is 489. The summed E-state index contributed by atoms with van der Waals surface area (Å²) in [7, 11) is 0. The van der Waals surface area contributed by atoms with Crippen LogP contribution in [0.5, 0.6) is 0 Å². The van der Waals surface area contributed by atoms with Gasteiger partial charge in [0, 0.05) is 28.0 Å². The maximum atomic E-state index is 6.05. The highest BCUT2D eigenvalue weighted by molar-refractivity contribution is 6.37. The number of hydrogen-bond acceptors (Lipinski definition) is 1. The summed E-state index contributed by atoms with van der Waals surface area (Å²) in [4.78, 5) is 3.95. The zero-order valence-electron chi connectivity index (χ0n) is 8.81. The van der Waals surface area contributed by atoms with Gasteiger partial charge in [-0.2, -0.15) is 0 Å². The van der Waals surface area contributed by atoms with Crippen molar-refractivity contribution in [2.24, 2.45) is 0 Å². The van der Waals surface area contributed by atoms with E-state index < -0.39 is 0 Å². The third-order valence-electron chi connectivity index (χ3n) is 2.15. The number of rotatable bonds is 2. The van der Waals surface area contributed by atoms with E-state index in [1.807, 2.05) is 42.5 Å². The van der Waals surface area contributed by atoms with Gasteiger partial charge in [0.2, 0.25) is 0 Å². The lowest BCUT2D eigenvalue weighted by atomic mass is 10.1. The topological polar surface area (TPSA) is 12.9 Å². The third-order valence-corrected chi connectivity index (χ3v) is 2.81. The van der Waals surface area contributed by atoms with Crippen LogP contribution >= 0.6 is 35.6 Å². The molecule has 0 bridgehead atoms. The van der Waals surface area contributed by atoms with Crippen LogP contribution < -0.4 is 0 Å². The minimum absolute atomic E-state index is 0. The van der Waals surface area contributed by atoms with Crippen LogP contribution in [0.25, 0.3) is 12.2 Å². The molecule has 2 aromatic rings. The SMILES string of the molecule is Cl.Clc1cccc(Cl)c1C=Cc1ccncc1. The Morgan fingerprint density at radius 3 is 2.06 bits per heavy atom. The lowest BCUT2D eigenvalue weighted by Crippen LogP contribution is -1.77. The average Bonchev–Trinajstić information content (AvgIpc) is 2.30. The summed E-state index contributed by atoms with van der Waals surface area (Å²) >= 11 is 12.1. The molecule has 1 heterocycles. The van der Waals surface area contributed by atoms with Crippen LogP contribution in [0, 0.1) is 0 Å². The van der Waals surface area contributed by atoms with Gasteiger partial charge in [-0.3, -0.25) is 4.98 Å². The summed E-state index contributed by atoms with van der Waals surface area (Å²) in [5.74, 6) is 0. The fraction of sp³-hybridized carbons (Fsp3) is 0. The maximum Gasteiger partial charge on any atom is 0.0493 e. The highest BCUT2D eigenvalue weighted by atomic mass is 35.5. The highest BCUT2D eigenvalue weighted by Crippen LogP contribution is 2.26. The first-order valence-corrected chi connectivity index (χ1v) is 5.55. The van der Waals surface area contributed by atoms with Crippen LogP contribution in [0.1, 0.15) is 11.1 Å². The predicted octanol–water partition coefficient (Wildman–Crippen LogP) is 4.98. The largest absolute Gasteiger partial charge is 0.265 e. The van der Waals surface area contributed by atoms with Crippen molar-refractivity contribution in [1.82, 2.24) is 4.98 Å². The van der Waals surface area contributed by atoms with E-state index in [-0.39, 0.29) is 12.4 Å². The van der Waals surface area contributed by atoms with E-state index in [1.54, 1.807) is 12.4 Å². The van der Waals surface area contributed by atoms with Crippen molar-refractivity contribution in [3.05, 3.63) is 63.9 Å². The molecule has 88 valence electrons. The van der Waals surface area contributed by atoms with E-state index in [0.29, 0.717) is 10.0 Å². The summed E-state index contributed by atoms with van der Waals surface area (Å²) < 4.78 is 0. The van der Waals surface area contributed by atoms with E-state index in [2.05, 4.69) is 4.98 Å². The maximum absolute atomic E-state index is 6.05. The van der Waals surface area contributed by atoms with Gasteiger partial charge in [0.05, 0.1) is 0 Å². The Kier molecular flexibility index (Phi) is 5.49. The molecule has 0 radical (unpaired) electrons. The summed E-state index contributed by atoms with van der Waals surface area (Å²) in [6.07, 6.45) is 7.34. The normalized spacial score (nSPS) is 10.2. The molecule has 1 aromatic carbocycles. The van der Waals surface area contributed by atoms with E-state index in [4.69, 9.17) is 23.2 Å². The Balaban J connectivity index is 0.00000144. The Morgan fingerprint density at radius 1 is 0.882 bits per heavy atom. The Hall–Kier alpha value is -1.02. The minimum atomic E-state index is 0. The number of hydrogen-bond donors (Lipinski definition) is 0. The highest BCUT2D eigenvalue weighted by Gasteiger charge is 2.00. The average molecular weight is 287 g/mol. The van der Waals surface area contributed by atoms with Gasteiger partial charge in [-0.05, 0) is 29.8 Å². The van der Waals surface area contributed by atoms with Gasteiger partial charge >= 0.3 is 0 Å². The minimum Gasteiger partial charge on any atom is -0.265 e. The van der Waals surface area contributed by atoms with Crippen LogP contribution in [-0.2, 0) is 0 Å². The fourth-order valence-corrected chi connectivity index (χ4v) is 1.85. The van der Waals surface area contributed by atoms with Gasteiger partial charge in [-0.25, -0.2) is 0 Å². The molecule has 17 heavy (non-hydrogen) atoms. The van der Waals surface area contributed by atoms with Crippen molar-refractivity contribution in [3.8, 4) is 0 Å². The van der Waals surface area contributed by atoms with Crippen LogP contribution in [0.4, 0.5) is 0 Å². The summed E-state index contributed by atoms with van der Waals surface area (Å²) in [5.41, 5.74) is 1.90. The van der Waals surface area contributed by atoms with Crippen LogP contribution in [0.3, 0.4) is 0 Å². The van der Waals surface area contributed by atoms with E-state index in [9.17, 15) is 0 Å². The molecule has 0 saturated carbocycles. The first-order chi connectivity index (χ1) is 7.77. The van der Waals surface area contributed by atoms with Gasteiger partial charge < -0.3 is 0 Å². The molecule has 1 aromatic heterocycles. The van der Waals surface area contributed by atoms with Gasteiger partial charge in [0.15, 0.2) is 0 Å². The molecule has 0 N–H and O–H groups in total. The molecule has 0 unspecified atom stereocenters. The van der Waals surface area contributed by atoms with E-state index >= 15 is 0 Å². The van der Waals surface area contributed by atoms with Crippen LogP contribution in [0.2, 0.25) is 10.0 Å². The van der Waals surface area contributed by atoms with Gasteiger partial charge in [-0.1, -0.05) is 41.4 Å². The lowest BCUT2D eigenvalue weighted by Gasteiger charge is -2.00. The van der Waals surface area contributed by atoms with Gasteiger partial charge in [0.1, 0.15) is 0 Å². The zero-order chi connectivity index (χ0) is 11.4. The molecule has 0 aliphatic rings. The molecule has 0 amide bonds. The van der Waals surface area contributed by atoms with Crippen molar-refractivity contribution in [1.29, 1.82) is 0 Å². The molecule has 0 aliphatic heterocycles. The molecule has 1 nitrogen and oxygen atoms in total. The van der Waals surface area contributed by atoms with Gasteiger partial charge in [-0.15, -0.1) is 12.4 Å². The van der Waals surface area contributed by atoms with Crippen LogP contribution in [-0.4, -0.2) is 4.98 Å². The second-order valence-electron chi connectivity index (χ2n) is 3.25. The number of nitrogens with zero attached hydrogens (tertiary/aromatic N) is 1. The number of aromatic nitrogens is 1. The van der Waals surface area contributed by atoms with E-state index in [0.717, 1.165) is 11.1 Å². The molecular weight excluding hydrogens is 277 g/mol. The number of halogens is 3. The van der Waals surface area contributed by atoms with Crippen molar-refractivity contribution >= 4 is 47.8 Å². The van der Waals surface area contributed by atoms with E-state index in [1.165, 1.54) is 0 Å². The summed E-state index contributed by atoms with van der Waals surface area (Å²) in [6.45, 7) is 0. The van der Waals surface area contributed by atoms with Gasteiger partial charge in [0.25, 0.3) is 0 Å². The fourth-order valence-electron chi connectivity index (χ4n) is 1.32. The standard InChI is InChI=1S/C13H9Cl2N.ClH/c14-12-2-1-3-13(15)11(12)5-4-10-6-8-16-9-7-10;/h1-9H;1H. The molecule has 0 saturated heterocycles. The Morgan fingerprint density at radius 2 is 1.47 bits per heavy atom. The second kappa shape index (κ2) is 6.65. The molecule has 2 rings (SSSR count). The van der Waals surface area contributed by atoms with Crippen LogP contribution in [0.15, 0.2) is 42.7 Å². The summed E-state index contributed by atoms with van der Waals surface area (Å²) in [6, 6.07) is 9.30. The van der Waals surface area contributed by atoms with Crippen molar-refractivity contribution < 1.29 is 0 Å². The number of benzene rings is 1. The molecule has 0 fully saturated rings. The molecule has 0 atom stereocenters. The molecular formula is C13H10Cl3N. The number of pyridine rings is 1.